The molecule has 128 valence electrons. The van der Waals surface area contributed by atoms with Gasteiger partial charge in [-0.15, -0.1) is 0 Å². The van der Waals surface area contributed by atoms with Crippen molar-refractivity contribution < 1.29 is 24.5 Å². The molecule has 0 aliphatic heterocycles. The lowest BCUT2D eigenvalue weighted by Gasteiger charge is -2.31. The molecule has 6 heteroatoms. The normalized spacial score (nSPS) is 16.2. The molecular formula is C17H25NO5. The third-order valence-electron chi connectivity index (χ3n) is 3.78. The molecule has 0 aliphatic rings. The Morgan fingerprint density at radius 2 is 1.83 bits per heavy atom. The van der Waals surface area contributed by atoms with Crippen LogP contribution in [0.4, 0.5) is 0 Å². The number of carboxylic acids is 1. The van der Waals surface area contributed by atoms with E-state index in [1.807, 2.05) is 30.3 Å². The maximum atomic E-state index is 12.1. The predicted molar refractivity (Wildman–Crippen MR) is 85.7 cm³/mol. The summed E-state index contributed by atoms with van der Waals surface area (Å²) in [5.41, 5.74) is 0.961. The summed E-state index contributed by atoms with van der Waals surface area (Å²) in [6, 6.07) is 8.70. The molecular weight excluding hydrogens is 298 g/mol. The zero-order valence-electron chi connectivity index (χ0n) is 13.7. The highest BCUT2D eigenvalue weighted by Gasteiger charge is 2.39. The van der Waals surface area contributed by atoms with E-state index in [0.29, 0.717) is 6.54 Å². The number of hydrogen-bond acceptors (Lipinski definition) is 5. The van der Waals surface area contributed by atoms with Crippen molar-refractivity contribution in [2.24, 2.45) is 11.8 Å². The van der Waals surface area contributed by atoms with E-state index in [4.69, 9.17) is 4.74 Å². The molecule has 0 spiro atoms. The summed E-state index contributed by atoms with van der Waals surface area (Å²) in [5.74, 6) is -3.45. The van der Waals surface area contributed by atoms with E-state index in [2.05, 4.69) is 5.32 Å². The number of aliphatic carboxylic acids is 1. The monoisotopic (exact) mass is 323 g/mol. The first-order valence-corrected chi connectivity index (χ1v) is 7.73. The predicted octanol–water partition coefficient (Wildman–Crippen LogP) is 1.43. The number of aliphatic hydroxyl groups is 1. The second kappa shape index (κ2) is 9.27. The zero-order valence-corrected chi connectivity index (χ0v) is 13.7. The maximum absolute atomic E-state index is 12.1. The van der Waals surface area contributed by atoms with Crippen molar-refractivity contribution in [2.45, 2.75) is 39.5 Å². The van der Waals surface area contributed by atoms with Gasteiger partial charge < -0.3 is 20.3 Å². The van der Waals surface area contributed by atoms with E-state index < -0.39 is 35.9 Å². The van der Waals surface area contributed by atoms with Crippen LogP contribution < -0.4 is 5.32 Å². The number of aliphatic hydroxyl groups excluding tert-OH is 1. The van der Waals surface area contributed by atoms with Crippen LogP contribution >= 0.6 is 0 Å². The molecule has 6 nitrogen and oxygen atoms in total. The van der Waals surface area contributed by atoms with Crippen molar-refractivity contribution in [1.29, 1.82) is 0 Å². The fourth-order valence-corrected chi connectivity index (χ4v) is 2.48. The minimum absolute atomic E-state index is 0.176. The van der Waals surface area contributed by atoms with E-state index in [9.17, 15) is 19.8 Å². The number of benzene rings is 1. The lowest BCUT2D eigenvalue weighted by molar-refractivity contribution is -0.155. The summed E-state index contributed by atoms with van der Waals surface area (Å²) in [4.78, 5) is 23.5. The van der Waals surface area contributed by atoms with Gasteiger partial charge in [0.25, 0.3) is 0 Å². The molecule has 0 aromatic heterocycles. The fraction of sp³-hybridized carbons (Fsp3) is 0.529. The van der Waals surface area contributed by atoms with E-state index in [-0.39, 0.29) is 6.61 Å². The number of hydrogen-bond donors (Lipinski definition) is 3. The molecule has 0 fully saturated rings. The number of ether oxygens (including phenoxy) is 1. The van der Waals surface area contributed by atoms with Gasteiger partial charge in [-0.1, -0.05) is 37.3 Å². The number of nitrogens with one attached hydrogen (secondary N) is 1. The maximum Gasteiger partial charge on any atom is 0.313 e. The number of carboxylic acid groups (broad SMARTS) is 1. The van der Waals surface area contributed by atoms with Crippen LogP contribution in [-0.4, -0.2) is 40.9 Å². The summed E-state index contributed by atoms with van der Waals surface area (Å²) in [6.07, 6.45) is -1.02. The standard InChI is InChI=1S/C17H25NO5/c1-4-23-17(22)14(12(3)19)15(11(2)16(20)21)18-10-13-8-6-5-7-9-13/h5-9,11-12,14-15,18-19H,4,10H2,1-3H3,(H,20,21). The Hall–Kier alpha value is -1.92. The Labute approximate surface area is 136 Å². The average molecular weight is 323 g/mol. The van der Waals surface area contributed by atoms with Gasteiger partial charge in [-0.05, 0) is 19.4 Å². The minimum Gasteiger partial charge on any atom is -0.481 e. The van der Waals surface area contributed by atoms with Crippen LogP contribution in [0.25, 0.3) is 0 Å². The van der Waals surface area contributed by atoms with E-state index in [1.165, 1.54) is 13.8 Å². The lowest BCUT2D eigenvalue weighted by Crippen LogP contribution is -2.51. The van der Waals surface area contributed by atoms with Crippen molar-refractivity contribution in [1.82, 2.24) is 5.32 Å². The Bertz CT molecular complexity index is 503. The second-order valence-corrected chi connectivity index (χ2v) is 5.54. The molecule has 0 amide bonds. The fourth-order valence-electron chi connectivity index (χ4n) is 2.48. The topological polar surface area (TPSA) is 95.9 Å². The van der Waals surface area contributed by atoms with Crippen molar-refractivity contribution >= 4 is 11.9 Å². The van der Waals surface area contributed by atoms with Crippen LogP contribution in [0.15, 0.2) is 30.3 Å². The van der Waals surface area contributed by atoms with Crippen molar-refractivity contribution in [3.05, 3.63) is 35.9 Å². The van der Waals surface area contributed by atoms with E-state index in [1.54, 1.807) is 6.92 Å². The third kappa shape index (κ3) is 5.65. The molecule has 4 unspecified atom stereocenters. The van der Waals surface area contributed by atoms with Crippen LogP contribution in [0.2, 0.25) is 0 Å². The first-order valence-electron chi connectivity index (χ1n) is 7.73. The molecule has 1 aromatic rings. The lowest BCUT2D eigenvalue weighted by atomic mass is 9.85. The summed E-state index contributed by atoms with van der Waals surface area (Å²) in [7, 11) is 0. The first kappa shape index (κ1) is 19.1. The van der Waals surface area contributed by atoms with Gasteiger partial charge in [0.15, 0.2) is 0 Å². The van der Waals surface area contributed by atoms with Gasteiger partial charge in [0.1, 0.15) is 0 Å². The second-order valence-electron chi connectivity index (χ2n) is 5.54. The molecule has 0 radical (unpaired) electrons. The molecule has 0 bridgehead atoms. The van der Waals surface area contributed by atoms with Crippen LogP contribution in [0.3, 0.4) is 0 Å². The summed E-state index contributed by atoms with van der Waals surface area (Å²) in [5, 5.41) is 22.4. The molecule has 1 rings (SSSR count). The molecule has 4 atom stereocenters. The van der Waals surface area contributed by atoms with Crippen molar-refractivity contribution in [2.75, 3.05) is 6.61 Å². The van der Waals surface area contributed by atoms with Gasteiger partial charge in [0, 0.05) is 12.6 Å². The quantitative estimate of drug-likeness (QED) is 0.595. The summed E-state index contributed by atoms with van der Waals surface area (Å²) in [6.45, 7) is 5.22. The van der Waals surface area contributed by atoms with Crippen LogP contribution in [0, 0.1) is 11.8 Å². The summed E-state index contributed by atoms with van der Waals surface area (Å²) < 4.78 is 5.00. The molecule has 0 aliphatic carbocycles. The largest absolute Gasteiger partial charge is 0.481 e. The van der Waals surface area contributed by atoms with Gasteiger partial charge >= 0.3 is 11.9 Å². The Morgan fingerprint density at radius 3 is 2.30 bits per heavy atom. The van der Waals surface area contributed by atoms with Gasteiger partial charge in [0.05, 0.1) is 24.5 Å². The van der Waals surface area contributed by atoms with Gasteiger partial charge in [-0.25, -0.2) is 0 Å². The number of carbonyl (C=O) groups is 2. The van der Waals surface area contributed by atoms with Gasteiger partial charge in [-0.3, -0.25) is 9.59 Å². The van der Waals surface area contributed by atoms with E-state index >= 15 is 0 Å². The van der Waals surface area contributed by atoms with Crippen LogP contribution in [-0.2, 0) is 20.9 Å². The smallest absolute Gasteiger partial charge is 0.313 e. The number of esters is 1. The van der Waals surface area contributed by atoms with Gasteiger partial charge in [0.2, 0.25) is 0 Å². The Kier molecular flexibility index (Phi) is 7.71. The van der Waals surface area contributed by atoms with Crippen molar-refractivity contribution in [3.63, 3.8) is 0 Å². The van der Waals surface area contributed by atoms with E-state index in [0.717, 1.165) is 5.56 Å². The molecule has 1 aromatic carbocycles. The third-order valence-corrected chi connectivity index (χ3v) is 3.78. The number of rotatable bonds is 9. The van der Waals surface area contributed by atoms with Crippen LogP contribution in [0.5, 0.6) is 0 Å². The van der Waals surface area contributed by atoms with Crippen molar-refractivity contribution in [3.8, 4) is 0 Å². The average Bonchev–Trinajstić information content (AvgIpc) is 2.51. The minimum atomic E-state index is -1.04. The molecule has 23 heavy (non-hydrogen) atoms. The molecule has 0 heterocycles. The molecule has 3 N–H and O–H groups in total. The Morgan fingerprint density at radius 1 is 1.22 bits per heavy atom. The molecule has 0 saturated carbocycles. The first-order chi connectivity index (χ1) is 10.9. The highest BCUT2D eigenvalue weighted by Crippen LogP contribution is 2.20. The van der Waals surface area contributed by atoms with Gasteiger partial charge in [-0.2, -0.15) is 0 Å². The zero-order chi connectivity index (χ0) is 17.4. The summed E-state index contributed by atoms with van der Waals surface area (Å²) >= 11 is 0. The van der Waals surface area contributed by atoms with Crippen LogP contribution in [0.1, 0.15) is 26.3 Å². The Balaban J connectivity index is 2.97. The SMILES string of the molecule is CCOC(=O)C(C(C)O)C(NCc1ccccc1)C(C)C(=O)O. The highest BCUT2D eigenvalue weighted by molar-refractivity contribution is 5.77. The molecule has 0 saturated heterocycles. The highest BCUT2D eigenvalue weighted by atomic mass is 16.5. The number of carbonyl (C=O) groups excluding carboxylic acids is 1.